The predicted octanol–water partition coefficient (Wildman–Crippen LogP) is -2.33. The number of aromatic nitrogens is 4. The lowest BCUT2D eigenvalue weighted by Gasteiger charge is -2.55. The Hall–Kier alpha value is -3.41. The molecular weight excluding hydrogens is 554 g/mol. The highest BCUT2D eigenvalue weighted by molar-refractivity contribution is 8.03. The van der Waals surface area contributed by atoms with Crippen molar-refractivity contribution in [3.63, 3.8) is 0 Å². The standard InChI is InChI=1S/C24H35N11O5S/c1-11(5-14(36)9-34-10-29-31-32-34)24(27)19-12(2)18(17(21(38)39)35(19)22(24)40)41-15-6-16(28-7-15)20(37)30-23(26)33-4-3-13(25)8-33/h10-13,15-16,19,28H,3-9,25,27H2,1-2H3,(H,38,39)(H2,26,30,37)/t11-,12-,13+,15-,16?,19+,24-/m0/s1. The number of Topliss-reactive ketones (excluding diaryl/α,β-unsaturated/α-hetero) is 1. The summed E-state index contributed by atoms with van der Waals surface area (Å²) in [4.78, 5) is 54.7. The van der Waals surface area contributed by atoms with E-state index < -0.39 is 35.4 Å². The van der Waals surface area contributed by atoms with Gasteiger partial charge in [-0.2, -0.15) is 0 Å². The average molecular weight is 590 g/mol. The maximum Gasteiger partial charge on any atom is 0.353 e. The average Bonchev–Trinajstić information content (AvgIpc) is 3.71. The number of thioether (sulfide) groups is 1. The van der Waals surface area contributed by atoms with Gasteiger partial charge in [0.2, 0.25) is 11.8 Å². The number of carbonyl (C=O) groups is 4. The minimum atomic E-state index is -1.41. The van der Waals surface area contributed by atoms with E-state index in [4.69, 9.17) is 16.9 Å². The zero-order chi connectivity index (χ0) is 29.6. The highest BCUT2D eigenvalue weighted by Crippen LogP contribution is 2.54. The van der Waals surface area contributed by atoms with Crippen LogP contribution < -0.4 is 22.1 Å². The van der Waals surface area contributed by atoms with Gasteiger partial charge in [0.05, 0.1) is 12.1 Å². The molecule has 1 aromatic heterocycles. The van der Waals surface area contributed by atoms with E-state index in [2.05, 4.69) is 26.2 Å². The number of ketones is 1. The molecule has 16 nitrogen and oxygen atoms in total. The minimum Gasteiger partial charge on any atom is -0.477 e. The number of likely N-dealkylation sites (tertiary alicyclic amines) is 1. The number of nitrogens with one attached hydrogen (secondary N) is 3. The Bertz CT molecular complexity index is 1290. The molecule has 3 fully saturated rings. The van der Waals surface area contributed by atoms with E-state index in [9.17, 15) is 24.3 Å². The summed E-state index contributed by atoms with van der Waals surface area (Å²) in [7, 11) is 0. The third-order valence-electron chi connectivity index (χ3n) is 8.48. The van der Waals surface area contributed by atoms with Gasteiger partial charge in [0.1, 0.15) is 24.1 Å². The Morgan fingerprint density at radius 2 is 2.15 bits per heavy atom. The normalized spacial score (nSPS) is 31.7. The van der Waals surface area contributed by atoms with Gasteiger partial charge in [-0.25, -0.2) is 9.48 Å². The third kappa shape index (κ3) is 5.22. The number of carboxylic acids is 1. The lowest BCUT2D eigenvalue weighted by molar-refractivity contribution is -0.164. The molecule has 41 heavy (non-hydrogen) atoms. The summed E-state index contributed by atoms with van der Waals surface area (Å²) in [5, 5.41) is 34.6. The van der Waals surface area contributed by atoms with Crippen LogP contribution in [-0.4, -0.2) is 113 Å². The quantitative estimate of drug-likeness (QED) is 0.101. The number of β-lactam (4-membered cyclic amide) rings is 1. The highest BCUT2D eigenvalue weighted by Gasteiger charge is 2.68. The van der Waals surface area contributed by atoms with E-state index in [0.717, 1.165) is 6.42 Å². The second-order valence-corrected chi connectivity index (χ2v) is 12.6. The van der Waals surface area contributed by atoms with E-state index >= 15 is 0 Å². The molecule has 0 aliphatic carbocycles. The van der Waals surface area contributed by atoms with Gasteiger partial charge in [-0.1, -0.05) is 13.8 Å². The molecule has 222 valence electrons. The Balaban J connectivity index is 1.22. The van der Waals surface area contributed by atoms with Gasteiger partial charge < -0.3 is 26.8 Å². The van der Waals surface area contributed by atoms with E-state index in [-0.39, 0.29) is 53.5 Å². The van der Waals surface area contributed by atoms with Crippen LogP contribution in [0.2, 0.25) is 0 Å². The van der Waals surface area contributed by atoms with Crippen LogP contribution in [0, 0.1) is 17.2 Å². The summed E-state index contributed by atoms with van der Waals surface area (Å²) >= 11 is 1.34. The van der Waals surface area contributed by atoms with E-state index in [1.165, 1.54) is 27.7 Å². The van der Waals surface area contributed by atoms with Crippen molar-refractivity contribution in [2.75, 3.05) is 19.6 Å². The number of hydrogen-bond acceptors (Lipinski definition) is 12. The van der Waals surface area contributed by atoms with Crippen LogP contribution in [0.15, 0.2) is 16.9 Å². The number of guanidine groups is 1. The van der Waals surface area contributed by atoms with Crippen LogP contribution in [0.25, 0.3) is 0 Å². The van der Waals surface area contributed by atoms with Crippen molar-refractivity contribution in [2.24, 2.45) is 23.3 Å². The van der Waals surface area contributed by atoms with Crippen molar-refractivity contribution in [3.8, 4) is 0 Å². The molecule has 4 aliphatic heterocycles. The summed E-state index contributed by atoms with van der Waals surface area (Å²) in [6, 6.07) is -1.18. The Morgan fingerprint density at radius 1 is 1.39 bits per heavy atom. The molecule has 0 aromatic carbocycles. The molecule has 0 spiro atoms. The first-order valence-electron chi connectivity index (χ1n) is 13.5. The molecule has 2 amide bonds. The second-order valence-electron chi connectivity index (χ2n) is 11.3. The first-order chi connectivity index (χ1) is 19.4. The molecule has 0 saturated carbocycles. The van der Waals surface area contributed by atoms with Crippen molar-refractivity contribution in [2.45, 2.75) is 68.6 Å². The van der Waals surface area contributed by atoms with Crippen LogP contribution >= 0.6 is 11.8 Å². The summed E-state index contributed by atoms with van der Waals surface area (Å²) in [6.07, 6.45) is 2.51. The van der Waals surface area contributed by atoms with Gasteiger partial charge >= 0.3 is 5.97 Å². The molecule has 3 saturated heterocycles. The first-order valence-corrected chi connectivity index (χ1v) is 14.4. The number of hydrogen-bond donors (Lipinski definition) is 6. The van der Waals surface area contributed by atoms with Crippen LogP contribution in [0.1, 0.15) is 33.1 Å². The predicted molar refractivity (Wildman–Crippen MR) is 146 cm³/mol. The maximum atomic E-state index is 13.4. The zero-order valence-electron chi connectivity index (χ0n) is 22.8. The Morgan fingerprint density at radius 3 is 2.78 bits per heavy atom. The van der Waals surface area contributed by atoms with E-state index in [1.807, 2.05) is 6.92 Å². The number of tetrazole rings is 1. The molecule has 5 rings (SSSR count). The number of nitrogens with zero attached hydrogens (tertiary/aromatic N) is 6. The topological polar surface area (TPSA) is 239 Å². The Labute approximate surface area is 240 Å². The molecule has 8 N–H and O–H groups in total. The lowest BCUT2D eigenvalue weighted by Crippen LogP contribution is -2.80. The minimum absolute atomic E-state index is 0.00570. The number of carboxylic acid groups (broad SMARTS) is 1. The number of carbonyl (C=O) groups excluding carboxylic acids is 3. The number of rotatable bonds is 9. The van der Waals surface area contributed by atoms with Gasteiger partial charge in [0.25, 0.3) is 0 Å². The number of aliphatic carboxylic acids is 1. The van der Waals surface area contributed by atoms with Crippen molar-refractivity contribution >= 4 is 41.3 Å². The van der Waals surface area contributed by atoms with Crippen molar-refractivity contribution in [1.82, 2.24) is 40.6 Å². The van der Waals surface area contributed by atoms with Crippen LogP contribution in [-0.2, 0) is 25.7 Å². The highest BCUT2D eigenvalue weighted by atomic mass is 32.2. The fraction of sp³-hybridized carbons (Fsp3) is 0.667. The fourth-order valence-corrected chi connectivity index (χ4v) is 7.76. The third-order valence-corrected chi connectivity index (χ3v) is 9.99. The molecule has 4 aliphatic rings. The van der Waals surface area contributed by atoms with Crippen LogP contribution in [0.4, 0.5) is 0 Å². The summed E-state index contributed by atoms with van der Waals surface area (Å²) in [6.45, 7) is 5.09. The summed E-state index contributed by atoms with van der Waals surface area (Å²) in [5.74, 6) is -3.19. The monoisotopic (exact) mass is 589 g/mol. The Kier molecular flexibility index (Phi) is 7.88. The number of nitrogens with two attached hydrogens (primary N) is 2. The molecule has 1 aromatic rings. The van der Waals surface area contributed by atoms with Gasteiger partial charge in [-0.3, -0.25) is 30.0 Å². The number of amides is 2. The second kappa shape index (κ2) is 11.1. The van der Waals surface area contributed by atoms with Gasteiger partial charge in [0, 0.05) is 48.2 Å². The van der Waals surface area contributed by atoms with Gasteiger partial charge in [0.15, 0.2) is 11.7 Å². The zero-order valence-corrected chi connectivity index (χ0v) is 23.6. The molecule has 1 unspecified atom stereocenters. The van der Waals surface area contributed by atoms with E-state index in [0.29, 0.717) is 31.0 Å². The fourth-order valence-electron chi connectivity index (χ4n) is 6.29. The molecule has 0 bridgehead atoms. The molecular formula is C24H35N11O5S. The van der Waals surface area contributed by atoms with Crippen LogP contribution in [0.5, 0.6) is 0 Å². The summed E-state index contributed by atoms with van der Waals surface area (Å²) in [5.41, 5.74) is 11.1. The maximum absolute atomic E-state index is 13.4. The molecule has 5 heterocycles. The van der Waals surface area contributed by atoms with Gasteiger partial charge in [-0.15, -0.1) is 16.9 Å². The van der Waals surface area contributed by atoms with Crippen molar-refractivity contribution < 1.29 is 24.3 Å². The largest absolute Gasteiger partial charge is 0.477 e. The molecule has 0 radical (unpaired) electrons. The molecule has 17 heteroatoms. The lowest BCUT2D eigenvalue weighted by atomic mass is 9.67. The SMILES string of the molecule is C[C@H]1C(S[C@@H]2CNC(C(=O)NC(=N)N3CC[C@@H](N)C3)C2)=C(C(=O)O)N2C(=O)[C@](N)([C@@H](C)CC(=O)Cn3cnnn3)[C@@H]12. The van der Waals surface area contributed by atoms with Crippen molar-refractivity contribution in [1.29, 1.82) is 5.41 Å². The number of fused-ring (bicyclic) bond motifs is 1. The summed E-state index contributed by atoms with van der Waals surface area (Å²) < 4.78 is 1.29. The first kappa shape index (κ1) is 29.1. The van der Waals surface area contributed by atoms with Crippen molar-refractivity contribution in [3.05, 3.63) is 16.9 Å². The van der Waals surface area contributed by atoms with Crippen LogP contribution in [0.3, 0.4) is 0 Å². The van der Waals surface area contributed by atoms with Gasteiger partial charge in [-0.05, 0) is 29.2 Å². The smallest absolute Gasteiger partial charge is 0.353 e. The van der Waals surface area contributed by atoms with E-state index in [1.54, 1.807) is 11.8 Å². The molecule has 7 atom stereocenters.